The number of rotatable bonds is 5. The maximum absolute atomic E-state index is 12.1. The first-order chi connectivity index (χ1) is 9.60. The van der Waals surface area contributed by atoms with E-state index in [1.165, 1.54) is 0 Å². The van der Waals surface area contributed by atoms with E-state index < -0.39 is 12.1 Å². The molecule has 0 aromatic rings. The molecular formula is C14H24N2O4. The Kier molecular flexibility index (Phi) is 5.37. The molecule has 2 rings (SSSR count). The molecule has 0 bridgehead atoms. The molecule has 4 N–H and O–H groups in total. The van der Waals surface area contributed by atoms with Crippen molar-refractivity contribution in [3.63, 3.8) is 0 Å². The zero-order chi connectivity index (χ0) is 14.5. The van der Waals surface area contributed by atoms with Crippen molar-refractivity contribution in [2.75, 3.05) is 13.1 Å². The number of amides is 1. The van der Waals surface area contributed by atoms with Crippen molar-refractivity contribution >= 4 is 11.9 Å². The van der Waals surface area contributed by atoms with Crippen molar-refractivity contribution in [1.29, 1.82) is 0 Å². The zero-order valence-electron chi connectivity index (χ0n) is 11.7. The van der Waals surface area contributed by atoms with Gasteiger partial charge in [0.2, 0.25) is 5.91 Å². The van der Waals surface area contributed by atoms with E-state index in [1.807, 2.05) is 0 Å². The molecule has 20 heavy (non-hydrogen) atoms. The highest BCUT2D eigenvalue weighted by atomic mass is 16.5. The van der Waals surface area contributed by atoms with Crippen molar-refractivity contribution in [2.24, 2.45) is 17.6 Å². The maximum atomic E-state index is 12.1. The van der Waals surface area contributed by atoms with E-state index in [2.05, 4.69) is 5.32 Å². The number of carbonyl (C=O) groups is 2. The third-order valence-corrected chi connectivity index (χ3v) is 4.44. The summed E-state index contributed by atoms with van der Waals surface area (Å²) in [5, 5.41) is 11.7. The molecule has 1 amide bonds. The van der Waals surface area contributed by atoms with Crippen molar-refractivity contribution in [2.45, 2.75) is 50.7 Å². The van der Waals surface area contributed by atoms with Gasteiger partial charge in [0.25, 0.3) is 0 Å². The summed E-state index contributed by atoms with van der Waals surface area (Å²) in [6, 6.07) is 0. The lowest BCUT2D eigenvalue weighted by Gasteiger charge is -2.27. The normalized spacial score (nSPS) is 33.9. The van der Waals surface area contributed by atoms with Gasteiger partial charge in [0.1, 0.15) is 0 Å². The fourth-order valence-corrected chi connectivity index (χ4v) is 3.06. The van der Waals surface area contributed by atoms with Crippen molar-refractivity contribution < 1.29 is 19.4 Å². The Morgan fingerprint density at radius 1 is 1.15 bits per heavy atom. The van der Waals surface area contributed by atoms with Gasteiger partial charge < -0.3 is 20.9 Å². The smallest absolute Gasteiger partial charge is 0.332 e. The number of hydrogen-bond acceptors (Lipinski definition) is 4. The van der Waals surface area contributed by atoms with Gasteiger partial charge in [-0.1, -0.05) is 0 Å². The van der Waals surface area contributed by atoms with Gasteiger partial charge in [0.15, 0.2) is 6.10 Å². The molecule has 0 radical (unpaired) electrons. The number of ether oxygens (including phenoxy) is 1. The Labute approximate surface area is 119 Å². The number of nitrogens with one attached hydrogen (secondary N) is 1. The van der Waals surface area contributed by atoms with Crippen LogP contribution in [-0.2, 0) is 14.3 Å². The minimum Gasteiger partial charge on any atom is -0.479 e. The molecule has 2 atom stereocenters. The summed E-state index contributed by atoms with van der Waals surface area (Å²) in [7, 11) is 0. The van der Waals surface area contributed by atoms with Crippen molar-refractivity contribution in [3.8, 4) is 0 Å². The molecular weight excluding hydrogens is 260 g/mol. The molecule has 0 aromatic carbocycles. The van der Waals surface area contributed by atoms with Gasteiger partial charge in [-0.2, -0.15) is 0 Å². The lowest BCUT2D eigenvalue weighted by Crippen LogP contribution is -2.38. The Morgan fingerprint density at radius 3 is 2.40 bits per heavy atom. The van der Waals surface area contributed by atoms with E-state index in [9.17, 15) is 9.59 Å². The number of carboxylic acid groups (broad SMARTS) is 1. The summed E-state index contributed by atoms with van der Waals surface area (Å²) in [5.41, 5.74) is 5.64. The summed E-state index contributed by atoms with van der Waals surface area (Å²) in [5.74, 6) is -0.204. The predicted molar refractivity (Wildman–Crippen MR) is 73.0 cm³/mol. The second-order valence-corrected chi connectivity index (χ2v) is 5.86. The van der Waals surface area contributed by atoms with Gasteiger partial charge in [-0.25, -0.2) is 4.79 Å². The average Bonchev–Trinajstić information content (AvgIpc) is 2.94. The highest BCUT2D eigenvalue weighted by Gasteiger charge is 2.31. The van der Waals surface area contributed by atoms with Gasteiger partial charge in [-0.05, 0) is 51.0 Å². The van der Waals surface area contributed by atoms with Crippen LogP contribution in [0.2, 0.25) is 0 Å². The van der Waals surface area contributed by atoms with Gasteiger partial charge in [-0.3, -0.25) is 4.79 Å². The molecule has 1 saturated carbocycles. The quantitative estimate of drug-likeness (QED) is 0.682. The van der Waals surface area contributed by atoms with Crippen LogP contribution in [0, 0.1) is 11.8 Å². The number of hydrogen-bond donors (Lipinski definition) is 3. The van der Waals surface area contributed by atoms with Gasteiger partial charge in [0, 0.05) is 12.5 Å². The van der Waals surface area contributed by atoms with Gasteiger partial charge >= 0.3 is 5.97 Å². The molecule has 6 heteroatoms. The zero-order valence-corrected chi connectivity index (χ0v) is 11.7. The standard InChI is InChI=1S/C14H24N2O4/c15-7-9-1-3-10(4-2-9)13(17)16-8-11-5-6-12(20-11)14(18)19/h9-12H,1-8,15H2,(H,16,17)(H,18,19). The lowest BCUT2D eigenvalue weighted by atomic mass is 9.81. The Morgan fingerprint density at radius 2 is 1.85 bits per heavy atom. The number of carboxylic acids is 1. The first kappa shape index (κ1) is 15.3. The van der Waals surface area contributed by atoms with Crippen molar-refractivity contribution in [1.82, 2.24) is 5.32 Å². The van der Waals surface area contributed by atoms with E-state index in [-0.39, 0.29) is 17.9 Å². The van der Waals surface area contributed by atoms with Crippen LogP contribution in [0.5, 0.6) is 0 Å². The highest BCUT2D eigenvalue weighted by Crippen LogP contribution is 2.28. The predicted octanol–water partition coefficient (Wildman–Crippen LogP) is 0.500. The van der Waals surface area contributed by atoms with Crippen LogP contribution >= 0.6 is 0 Å². The first-order valence-corrected chi connectivity index (χ1v) is 7.46. The van der Waals surface area contributed by atoms with Crippen LogP contribution in [0.1, 0.15) is 38.5 Å². The minimum absolute atomic E-state index is 0.0721. The second kappa shape index (κ2) is 7.04. The van der Waals surface area contributed by atoms with Crippen LogP contribution in [0.25, 0.3) is 0 Å². The fraction of sp³-hybridized carbons (Fsp3) is 0.857. The van der Waals surface area contributed by atoms with E-state index in [0.717, 1.165) is 25.7 Å². The average molecular weight is 284 g/mol. The largest absolute Gasteiger partial charge is 0.479 e. The molecule has 0 aromatic heterocycles. The number of aliphatic carboxylic acids is 1. The molecule has 6 nitrogen and oxygen atoms in total. The molecule has 2 aliphatic rings. The minimum atomic E-state index is -0.918. The van der Waals surface area contributed by atoms with E-state index >= 15 is 0 Å². The van der Waals surface area contributed by atoms with Crippen LogP contribution in [0.15, 0.2) is 0 Å². The van der Waals surface area contributed by atoms with Crippen LogP contribution in [0.3, 0.4) is 0 Å². The summed E-state index contributed by atoms with van der Waals surface area (Å²) in [4.78, 5) is 22.8. The Hall–Kier alpha value is -1.14. The Balaban J connectivity index is 1.67. The van der Waals surface area contributed by atoms with Crippen LogP contribution in [0.4, 0.5) is 0 Å². The fourth-order valence-electron chi connectivity index (χ4n) is 3.06. The molecule has 2 unspecified atom stereocenters. The summed E-state index contributed by atoms with van der Waals surface area (Å²) in [6.07, 6.45) is 4.19. The third kappa shape index (κ3) is 3.93. The van der Waals surface area contributed by atoms with Gasteiger partial charge in [-0.15, -0.1) is 0 Å². The summed E-state index contributed by atoms with van der Waals surface area (Å²) >= 11 is 0. The first-order valence-electron chi connectivity index (χ1n) is 7.46. The Bertz CT molecular complexity index is 353. The van der Waals surface area contributed by atoms with Crippen molar-refractivity contribution in [3.05, 3.63) is 0 Å². The highest BCUT2D eigenvalue weighted by molar-refractivity contribution is 5.78. The summed E-state index contributed by atoms with van der Waals surface area (Å²) < 4.78 is 5.36. The van der Waals surface area contributed by atoms with E-state index in [0.29, 0.717) is 31.8 Å². The lowest BCUT2D eigenvalue weighted by molar-refractivity contribution is -0.149. The molecule has 1 saturated heterocycles. The van der Waals surface area contributed by atoms with Crippen LogP contribution in [-0.4, -0.2) is 42.3 Å². The van der Waals surface area contributed by atoms with E-state index in [1.54, 1.807) is 0 Å². The molecule has 114 valence electrons. The number of nitrogens with two attached hydrogens (primary N) is 1. The topological polar surface area (TPSA) is 102 Å². The third-order valence-electron chi connectivity index (χ3n) is 4.44. The molecule has 1 aliphatic carbocycles. The SMILES string of the molecule is NCC1CCC(C(=O)NCC2CCC(C(=O)O)O2)CC1. The molecule has 1 aliphatic heterocycles. The second-order valence-electron chi connectivity index (χ2n) is 5.86. The molecule has 0 spiro atoms. The molecule has 1 heterocycles. The number of carbonyl (C=O) groups excluding carboxylic acids is 1. The van der Waals surface area contributed by atoms with E-state index in [4.69, 9.17) is 15.6 Å². The molecule has 2 fully saturated rings. The monoisotopic (exact) mass is 284 g/mol. The van der Waals surface area contributed by atoms with Crippen LogP contribution < -0.4 is 11.1 Å². The van der Waals surface area contributed by atoms with Gasteiger partial charge in [0.05, 0.1) is 6.10 Å². The summed E-state index contributed by atoms with van der Waals surface area (Å²) in [6.45, 7) is 1.13. The maximum Gasteiger partial charge on any atom is 0.332 e.